The van der Waals surface area contributed by atoms with E-state index >= 15 is 0 Å². The van der Waals surface area contributed by atoms with Crippen molar-refractivity contribution in [1.29, 1.82) is 0 Å². The Balaban J connectivity index is 1.16. The quantitative estimate of drug-likeness (QED) is 0.520. The second-order valence-electron chi connectivity index (χ2n) is 9.97. The minimum Gasteiger partial charge on any atom is -0.492 e. The molecular formula is C27H32N6O3. The third-order valence-corrected chi connectivity index (χ3v) is 7.64. The number of hydrogen-bond acceptors (Lipinski definition) is 8. The molecule has 0 unspecified atom stereocenters. The number of anilines is 1. The lowest BCUT2D eigenvalue weighted by atomic mass is 9.88. The highest BCUT2D eigenvalue weighted by Gasteiger charge is 2.47. The molecule has 9 nitrogen and oxygen atoms in total. The smallest absolute Gasteiger partial charge is 0.223 e. The van der Waals surface area contributed by atoms with E-state index < -0.39 is 0 Å². The van der Waals surface area contributed by atoms with Crippen molar-refractivity contribution in [3.63, 3.8) is 0 Å². The van der Waals surface area contributed by atoms with E-state index in [0.29, 0.717) is 25.3 Å². The van der Waals surface area contributed by atoms with Gasteiger partial charge >= 0.3 is 0 Å². The Morgan fingerprint density at radius 3 is 2.92 bits per heavy atom. The van der Waals surface area contributed by atoms with Gasteiger partial charge in [-0.15, -0.1) is 0 Å². The maximum absolute atomic E-state index is 12.2. The van der Waals surface area contributed by atoms with Gasteiger partial charge in [0.15, 0.2) is 5.82 Å². The fourth-order valence-electron chi connectivity index (χ4n) is 5.84. The maximum atomic E-state index is 12.2. The standard InChI is InChI=1S/C27H32N6O3/c28-26(34)23-18-4-5-19(16-18)24(23)32-27-25-21(6-7-29-25)30-22(31-27)15-17-2-1-3-20(14-17)36-13-10-33-8-11-35-12-9-33/h1-5,7,14,18-19,23-24H,6,8-13,15-16H2,(H2,28,34)(H,30,31,32)/t18-,19+,23-,24+/m1/s1. The summed E-state index contributed by atoms with van der Waals surface area (Å²) in [5.41, 5.74) is 8.54. The van der Waals surface area contributed by atoms with Crippen molar-refractivity contribution in [2.45, 2.75) is 25.3 Å². The molecule has 1 aromatic carbocycles. The van der Waals surface area contributed by atoms with Gasteiger partial charge in [-0.2, -0.15) is 0 Å². The summed E-state index contributed by atoms with van der Waals surface area (Å²) in [5.74, 6) is 2.25. The number of aromatic nitrogens is 2. The van der Waals surface area contributed by atoms with Crippen molar-refractivity contribution in [2.75, 3.05) is 44.8 Å². The normalized spacial score (nSPS) is 26.3. The van der Waals surface area contributed by atoms with Crippen LogP contribution in [-0.4, -0.2) is 72.5 Å². The van der Waals surface area contributed by atoms with Crippen LogP contribution in [0, 0.1) is 17.8 Å². The van der Waals surface area contributed by atoms with Gasteiger partial charge in [0.25, 0.3) is 0 Å². The van der Waals surface area contributed by atoms with Gasteiger partial charge in [-0.25, -0.2) is 9.97 Å². The zero-order valence-corrected chi connectivity index (χ0v) is 20.3. The first-order valence-electron chi connectivity index (χ1n) is 12.8. The maximum Gasteiger partial charge on any atom is 0.223 e. The minimum atomic E-state index is -0.260. The lowest BCUT2D eigenvalue weighted by Gasteiger charge is -2.27. The summed E-state index contributed by atoms with van der Waals surface area (Å²) in [4.78, 5) is 28.7. The second-order valence-corrected chi connectivity index (χ2v) is 9.97. The molecule has 0 spiro atoms. The number of rotatable bonds is 9. The second kappa shape index (κ2) is 9.99. The average molecular weight is 489 g/mol. The van der Waals surface area contributed by atoms with Crippen molar-refractivity contribution in [2.24, 2.45) is 28.5 Å². The molecule has 4 atom stereocenters. The van der Waals surface area contributed by atoms with Crippen LogP contribution in [0.25, 0.3) is 0 Å². The van der Waals surface area contributed by atoms with Crippen molar-refractivity contribution >= 4 is 23.6 Å². The monoisotopic (exact) mass is 488 g/mol. The number of nitrogens with two attached hydrogens (primary N) is 1. The number of benzene rings is 1. The van der Waals surface area contributed by atoms with Gasteiger partial charge in [0.2, 0.25) is 5.91 Å². The molecule has 1 saturated carbocycles. The van der Waals surface area contributed by atoms with Crippen molar-refractivity contribution in [1.82, 2.24) is 14.9 Å². The molecule has 2 fully saturated rings. The SMILES string of the molecule is NC(=O)[C@H]1[C@@H](Nc2nc(Cc3cccc(OCCN4CCOCC4)c3)nc3c2N=CC3)[C@H]2C=C[C@@H]1C2. The first-order chi connectivity index (χ1) is 17.6. The van der Waals surface area contributed by atoms with Crippen LogP contribution in [0.15, 0.2) is 41.4 Å². The lowest BCUT2D eigenvalue weighted by molar-refractivity contribution is -0.122. The van der Waals surface area contributed by atoms with Crippen LogP contribution in [0.4, 0.5) is 11.5 Å². The van der Waals surface area contributed by atoms with Crippen LogP contribution in [-0.2, 0) is 22.4 Å². The highest BCUT2D eigenvalue weighted by atomic mass is 16.5. The number of carbonyl (C=O) groups is 1. The van der Waals surface area contributed by atoms with Crippen LogP contribution in [0.5, 0.6) is 5.75 Å². The molecule has 3 N–H and O–H groups in total. The number of aliphatic imine (C=N–C) groups is 1. The summed E-state index contributed by atoms with van der Waals surface area (Å²) in [6, 6.07) is 8.05. The summed E-state index contributed by atoms with van der Waals surface area (Å²) >= 11 is 0. The number of nitrogens with zero attached hydrogens (tertiary/aromatic N) is 4. The number of carbonyl (C=O) groups excluding carboxylic acids is 1. The average Bonchev–Trinajstić information content (AvgIpc) is 3.62. The lowest BCUT2D eigenvalue weighted by Crippen LogP contribution is -2.41. The first kappa shape index (κ1) is 23.1. The Labute approximate surface area is 210 Å². The summed E-state index contributed by atoms with van der Waals surface area (Å²) in [6.07, 6.45) is 8.40. The zero-order valence-electron chi connectivity index (χ0n) is 20.3. The van der Waals surface area contributed by atoms with E-state index in [4.69, 9.17) is 25.2 Å². The van der Waals surface area contributed by atoms with Gasteiger partial charge < -0.3 is 20.5 Å². The highest BCUT2D eigenvalue weighted by Crippen LogP contribution is 2.45. The summed E-state index contributed by atoms with van der Waals surface area (Å²) in [5, 5.41) is 3.55. The molecule has 9 heteroatoms. The predicted octanol–water partition coefficient (Wildman–Crippen LogP) is 2.12. The number of nitrogens with one attached hydrogen (secondary N) is 1. The Morgan fingerprint density at radius 2 is 2.06 bits per heavy atom. The zero-order chi connectivity index (χ0) is 24.5. The molecule has 2 bridgehead atoms. The Hall–Kier alpha value is -3.30. The molecular weight excluding hydrogens is 456 g/mol. The Kier molecular flexibility index (Phi) is 6.41. The molecule has 0 radical (unpaired) electrons. The molecule has 3 heterocycles. The molecule has 2 aliphatic heterocycles. The molecule has 2 aliphatic carbocycles. The van der Waals surface area contributed by atoms with Gasteiger partial charge in [-0.3, -0.25) is 14.7 Å². The molecule has 36 heavy (non-hydrogen) atoms. The summed E-state index contributed by atoms with van der Waals surface area (Å²) in [7, 11) is 0. The number of amides is 1. The van der Waals surface area contributed by atoms with Crippen LogP contribution < -0.4 is 15.8 Å². The van der Waals surface area contributed by atoms with E-state index in [1.54, 1.807) is 0 Å². The molecule has 188 valence electrons. The summed E-state index contributed by atoms with van der Waals surface area (Å²) in [6.45, 7) is 5.03. The molecule has 6 rings (SSSR count). The van der Waals surface area contributed by atoms with E-state index in [-0.39, 0.29) is 29.7 Å². The number of ether oxygens (including phenoxy) is 2. The van der Waals surface area contributed by atoms with Crippen molar-refractivity contribution in [3.05, 3.63) is 53.5 Å². The number of morpholine rings is 1. The number of fused-ring (bicyclic) bond motifs is 3. The van der Waals surface area contributed by atoms with Crippen molar-refractivity contribution in [3.8, 4) is 5.75 Å². The predicted molar refractivity (Wildman–Crippen MR) is 137 cm³/mol. The third kappa shape index (κ3) is 4.73. The van der Waals surface area contributed by atoms with Crippen molar-refractivity contribution < 1.29 is 14.3 Å². The fourth-order valence-corrected chi connectivity index (χ4v) is 5.84. The van der Waals surface area contributed by atoms with Crippen LogP contribution in [0.2, 0.25) is 0 Å². The van der Waals surface area contributed by atoms with Gasteiger partial charge in [0.05, 0.1) is 24.8 Å². The third-order valence-electron chi connectivity index (χ3n) is 7.64. The highest BCUT2D eigenvalue weighted by molar-refractivity contribution is 5.82. The van der Waals surface area contributed by atoms with E-state index in [2.05, 4.69) is 39.5 Å². The number of primary amides is 1. The van der Waals surface area contributed by atoms with E-state index in [0.717, 1.165) is 67.8 Å². The Morgan fingerprint density at radius 1 is 1.19 bits per heavy atom. The van der Waals surface area contributed by atoms with Crippen LogP contribution in [0.1, 0.15) is 23.5 Å². The van der Waals surface area contributed by atoms with Crippen LogP contribution >= 0.6 is 0 Å². The minimum absolute atomic E-state index is 0.0663. The number of hydrogen-bond donors (Lipinski definition) is 2. The Bertz CT molecular complexity index is 1190. The van der Waals surface area contributed by atoms with Gasteiger partial charge in [0, 0.05) is 44.7 Å². The largest absolute Gasteiger partial charge is 0.492 e. The molecule has 1 amide bonds. The fraction of sp³-hybridized carbons (Fsp3) is 0.481. The van der Waals surface area contributed by atoms with E-state index in [1.165, 1.54) is 0 Å². The first-order valence-corrected chi connectivity index (χ1v) is 12.8. The molecule has 1 aromatic heterocycles. The van der Waals surface area contributed by atoms with Gasteiger partial charge in [0.1, 0.15) is 23.9 Å². The molecule has 4 aliphatic rings. The molecule has 1 saturated heterocycles. The van der Waals surface area contributed by atoms with E-state index in [9.17, 15) is 4.79 Å². The summed E-state index contributed by atoms with van der Waals surface area (Å²) < 4.78 is 11.4. The van der Waals surface area contributed by atoms with Gasteiger partial charge in [-0.05, 0) is 36.0 Å². The molecule has 2 aromatic rings. The topological polar surface area (TPSA) is 115 Å². The van der Waals surface area contributed by atoms with E-state index in [1.807, 2.05) is 18.3 Å². The van der Waals surface area contributed by atoms with Gasteiger partial charge in [-0.1, -0.05) is 24.3 Å². The van der Waals surface area contributed by atoms with Crippen LogP contribution in [0.3, 0.4) is 0 Å². The number of allylic oxidation sites excluding steroid dienone is 1.